The molecule has 2 aromatic carbocycles. The van der Waals surface area contributed by atoms with Gasteiger partial charge in [-0.1, -0.05) is 48.5 Å². The largest absolute Gasteiger partial charge is 0.343 e. The molecule has 2 saturated heterocycles. The number of hydrogen-bond acceptors (Lipinski definition) is 3. The van der Waals surface area contributed by atoms with Crippen LogP contribution in [0.3, 0.4) is 0 Å². The Balaban J connectivity index is 1.39. The first-order valence-corrected chi connectivity index (χ1v) is 13.0. The molecule has 4 rings (SSSR count). The molecule has 186 valence electrons. The fourth-order valence-electron chi connectivity index (χ4n) is 5.28. The molecule has 1 atom stereocenters. The van der Waals surface area contributed by atoms with E-state index in [2.05, 4.69) is 5.32 Å². The standard InChI is InChI=1S/C29H37N3O3/c1-22-10-6-7-13-25(22)28(34)30-27(29(35)32-18-8-3-9-19-32)24-16-20-31(21-17-24)26(33)15-14-23-11-4-2-5-12-23/h2,4-7,10-13,24,27H,3,8-9,14-21H2,1H3,(H,30,34). The van der Waals surface area contributed by atoms with Gasteiger partial charge in [0.2, 0.25) is 11.8 Å². The van der Waals surface area contributed by atoms with Crippen molar-refractivity contribution in [3.05, 3.63) is 71.3 Å². The van der Waals surface area contributed by atoms with Crippen LogP contribution in [-0.2, 0) is 16.0 Å². The van der Waals surface area contributed by atoms with Gasteiger partial charge in [-0.25, -0.2) is 0 Å². The summed E-state index contributed by atoms with van der Waals surface area (Å²) in [5.74, 6) is 0.0195. The molecule has 2 heterocycles. The fraction of sp³-hybridized carbons (Fsp3) is 0.483. The average molecular weight is 476 g/mol. The van der Waals surface area contributed by atoms with E-state index < -0.39 is 6.04 Å². The number of benzene rings is 2. The van der Waals surface area contributed by atoms with Crippen LogP contribution >= 0.6 is 0 Å². The highest BCUT2D eigenvalue weighted by Gasteiger charge is 2.36. The van der Waals surface area contributed by atoms with Crippen LogP contribution in [0.2, 0.25) is 0 Å². The van der Waals surface area contributed by atoms with Crippen LogP contribution in [0.15, 0.2) is 54.6 Å². The topological polar surface area (TPSA) is 69.7 Å². The Kier molecular flexibility index (Phi) is 8.56. The number of carbonyl (C=O) groups is 3. The second-order valence-electron chi connectivity index (χ2n) is 9.86. The van der Waals surface area contributed by atoms with Gasteiger partial charge in [0.05, 0.1) is 0 Å². The Morgan fingerprint density at radius 3 is 2.20 bits per heavy atom. The molecule has 0 bridgehead atoms. The predicted octanol–water partition coefficient (Wildman–Crippen LogP) is 3.98. The molecule has 1 N–H and O–H groups in total. The molecule has 35 heavy (non-hydrogen) atoms. The molecule has 0 aliphatic carbocycles. The average Bonchev–Trinajstić information content (AvgIpc) is 2.91. The van der Waals surface area contributed by atoms with Gasteiger partial charge in [0, 0.05) is 38.2 Å². The molecule has 0 aromatic heterocycles. The lowest BCUT2D eigenvalue weighted by molar-refractivity contribution is -0.137. The SMILES string of the molecule is Cc1ccccc1C(=O)NC(C(=O)N1CCCCC1)C1CCN(C(=O)CCc2ccccc2)CC1. The Labute approximate surface area is 208 Å². The van der Waals surface area contributed by atoms with E-state index >= 15 is 0 Å². The summed E-state index contributed by atoms with van der Waals surface area (Å²) in [5.41, 5.74) is 2.67. The molecule has 0 saturated carbocycles. The number of piperidine rings is 2. The third-order valence-electron chi connectivity index (χ3n) is 7.44. The zero-order valence-corrected chi connectivity index (χ0v) is 20.7. The maximum Gasteiger partial charge on any atom is 0.252 e. The molecule has 2 aromatic rings. The van der Waals surface area contributed by atoms with Gasteiger partial charge in [0.1, 0.15) is 6.04 Å². The Morgan fingerprint density at radius 1 is 0.857 bits per heavy atom. The van der Waals surface area contributed by atoms with Crippen molar-refractivity contribution in [1.82, 2.24) is 15.1 Å². The molecule has 0 spiro atoms. The zero-order valence-electron chi connectivity index (χ0n) is 20.7. The van der Waals surface area contributed by atoms with E-state index in [1.165, 1.54) is 5.56 Å². The first-order valence-electron chi connectivity index (χ1n) is 13.0. The summed E-state index contributed by atoms with van der Waals surface area (Å²) >= 11 is 0. The van der Waals surface area contributed by atoms with Gasteiger partial charge in [0.25, 0.3) is 5.91 Å². The van der Waals surface area contributed by atoms with Crippen LogP contribution in [0.1, 0.15) is 60.0 Å². The zero-order chi connectivity index (χ0) is 24.6. The fourth-order valence-corrected chi connectivity index (χ4v) is 5.28. The Bertz CT molecular complexity index is 1010. The van der Waals surface area contributed by atoms with Crippen LogP contribution in [0.25, 0.3) is 0 Å². The van der Waals surface area contributed by atoms with E-state index in [0.717, 1.165) is 57.2 Å². The second-order valence-corrected chi connectivity index (χ2v) is 9.86. The van der Waals surface area contributed by atoms with Crippen LogP contribution in [0, 0.1) is 12.8 Å². The predicted molar refractivity (Wildman–Crippen MR) is 137 cm³/mol. The molecular formula is C29H37N3O3. The second kappa shape index (κ2) is 12.0. The lowest BCUT2D eigenvalue weighted by Crippen LogP contribution is -2.55. The molecule has 6 heteroatoms. The van der Waals surface area contributed by atoms with Gasteiger partial charge >= 0.3 is 0 Å². The smallest absolute Gasteiger partial charge is 0.252 e. The van der Waals surface area contributed by atoms with Gasteiger partial charge in [-0.15, -0.1) is 0 Å². The number of likely N-dealkylation sites (tertiary alicyclic amines) is 2. The van der Waals surface area contributed by atoms with Crippen LogP contribution in [-0.4, -0.2) is 59.7 Å². The minimum absolute atomic E-state index is 0.0237. The van der Waals surface area contributed by atoms with Crippen LogP contribution in [0.4, 0.5) is 0 Å². The lowest BCUT2D eigenvalue weighted by atomic mass is 9.87. The maximum absolute atomic E-state index is 13.6. The first-order chi connectivity index (χ1) is 17.0. The summed E-state index contributed by atoms with van der Waals surface area (Å²) in [4.78, 5) is 43.4. The van der Waals surface area contributed by atoms with E-state index in [4.69, 9.17) is 0 Å². The summed E-state index contributed by atoms with van der Waals surface area (Å²) < 4.78 is 0. The van der Waals surface area contributed by atoms with Crippen molar-refractivity contribution in [1.29, 1.82) is 0 Å². The summed E-state index contributed by atoms with van der Waals surface area (Å²) in [6.45, 7) is 4.68. The number of nitrogens with one attached hydrogen (secondary N) is 1. The van der Waals surface area contributed by atoms with Gasteiger partial charge in [-0.05, 0) is 68.6 Å². The number of nitrogens with zero attached hydrogens (tertiary/aromatic N) is 2. The third-order valence-corrected chi connectivity index (χ3v) is 7.44. The maximum atomic E-state index is 13.6. The number of amides is 3. The first kappa shape index (κ1) is 25.0. The van der Waals surface area contributed by atoms with E-state index in [9.17, 15) is 14.4 Å². The summed E-state index contributed by atoms with van der Waals surface area (Å²) in [6.07, 6.45) is 5.84. The highest BCUT2D eigenvalue weighted by atomic mass is 16.2. The van der Waals surface area contributed by atoms with Crippen molar-refractivity contribution in [2.45, 2.75) is 57.9 Å². The van der Waals surface area contributed by atoms with E-state index in [0.29, 0.717) is 25.1 Å². The Morgan fingerprint density at radius 2 is 1.51 bits per heavy atom. The number of aryl methyl sites for hydroxylation is 2. The van der Waals surface area contributed by atoms with Crippen molar-refractivity contribution < 1.29 is 14.4 Å². The van der Waals surface area contributed by atoms with Crippen molar-refractivity contribution in [3.8, 4) is 0 Å². The molecule has 0 radical (unpaired) electrons. The summed E-state index contributed by atoms with van der Waals surface area (Å²) in [5, 5.41) is 3.10. The molecule has 2 fully saturated rings. The Hall–Kier alpha value is -3.15. The minimum Gasteiger partial charge on any atom is -0.343 e. The molecule has 2 aliphatic rings. The van der Waals surface area contributed by atoms with Crippen molar-refractivity contribution in [2.24, 2.45) is 5.92 Å². The summed E-state index contributed by atoms with van der Waals surface area (Å²) in [7, 11) is 0. The van der Waals surface area contributed by atoms with E-state index in [1.54, 1.807) is 6.07 Å². The number of hydrogen-bond donors (Lipinski definition) is 1. The van der Waals surface area contributed by atoms with Gasteiger partial charge < -0.3 is 15.1 Å². The van der Waals surface area contributed by atoms with Crippen LogP contribution < -0.4 is 5.32 Å². The van der Waals surface area contributed by atoms with Gasteiger partial charge in [-0.2, -0.15) is 0 Å². The molecule has 6 nitrogen and oxygen atoms in total. The minimum atomic E-state index is -0.554. The van der Waals surface area contributed by atoms with Gasteiger partial charge in [0.15, 0.2) is 0 Å². The highest BCUT2D eigenvalue weighted by Crippen LogP contribution is 2.25. The molecule has 1 unspecified atom stereocenters. The summed E-state index contributed by atoms with van der Waals surface area (Å²) in [6, 6.07) is 17.0. The number of carbonyl (C=O) groups excluding carboxylic acids is 3. The lowest BCUT2D eigenvalue weighted by Gasteiger charge is -2.38. The van der Waals surface area contributed by atoms with Gasteiger partial charge in [-0.3, -0.25) is 14.4 Å². The van der Waals surface area contributed by atoms with Crippen molar-refractivity contribution in [3.63, 3.8) is 0 Å². The van der Waals surface area contributed by atoms with Crippen molar-refractivity contribution in [2.75, 3.05) is 26.2 Å². The highest BCUT2D eigenvalue weighted by molar-refractivity contribution is 5.98. The molecule has 3 amide bonds. The number of rotatable bonds is 7. The third kappa shape index (κ3) is 6.50. The van der Waals surface area contributed by atoms with E-state index in [-0.39, 0.29) is 23.6 Å². The van der Waals surface area contributed by atoms with E-state index in [1.807, 2.05) is 65.3 Å². The van der Waals surface area contributed by atoms with Crippen molar-refractivity contribution >= 4 is 17.7 Å². The quantitative estimate of drug-likeness (QED) is 0.659. The van der Waals surface area contributed by atoms with Crippen LogP contribution in [0.5, 0.6) is 0 Å². The molecular weight excluding hydrogens is 438 g/mol. The molecule has 2 aliphatic heterocycles. The normalized spacial score (nSPS) is 17.6. The monoisotopic (exact) mass is 475 g/mol.